The van der Waals surface area contributed by atoms with Crippen molar-refractivity contribution in [1.82, 2.24) is 4.98 Å². The van der Waals surface area contributed by atoms with Crippen molar-refractivity contribution >= 4 is 11.3 Å². The molecule has 1 aromatic rings. The van der Waals surface area contributed by atoms with E-state index in [1.165, 1.54) is 41.3 Å². The molecule has 3 heteroatoms. The van der Waals surface area contributed by atoms with Crippen LogP contribution in [0, 0.1) is 0 Å². The van der Waals surface area contributed by atoms with Gasteiger partial charge >= 0.3 is 0 Å². The van der Waals surface area contributed by atoms with Crippen LogP contribution in [0.5, 0.6) is 0 Å². The van der Waals surface area contributed by atoms with Gasteiger partial charge in [-0.2, -0.15) is 0 Å². The lowest BCUT2D eigenvalue weighted by atomic mass is 9.95. The molecule has 1 heterocycles. The van der Waals surface area contributed by atoms with Crippen molar-refractivity contribution in [3.05, 3.63) is 15.6 Å². The Morgan fingerprint density at radius 1 is 1.19 bits per heavy atom. The van der Waals surface area contributed by atoms with Crippen LogP contribution < -0.4 is 5.73 Å². The van der Waals surface area contributed by atoms with Crippen LogP contribution in [0.25, 0.3) is 0 Å². The number of aromatic nitrogens is 1. The molecule has 0 saturated carbocycles. The van der Waals surface area contributed by atoms with Gasteiger partial charge in [-0.1, -0.05) is 20.3 Å². The molecule has 0 saturated heterocycles. The molecule has 0 fully saturated rings. The largest absolute Gasteiger partial charge is 0.319 e. The maximum atomic E-state index is 6.42. The Morgan fingerprint density at radius 2 is 1.88 bits per heavy atom. The van der Waals surface area contributed by atoms with Gasteiger partial charge in [0.2, 0.25) is 0 Å². The molecule has 2 rings (SSSR count). The van der Waals surface area contributed by atoms with Gasteiger partial charge in [0.05, 0.1) is 11.2 Å². The van der Waals surface area contributed by atoms with Crippen LogP contribution >= 0.6 is 11.3 Å². The van der Waals surface area contributed by atoms with Gasteiger partial charge in [0.15, 0.2) is 0 Å². The van der Waals surface area contributed by atoms with E-state index in [1.807, 2.05) is 11.3 Å². The SMILES string of the molecule is CCC(N)(CC)c1nc2c(s1)CCCCC2. The summed E-state index contributed by atoms with van der Waals surface area (Å²) in [5.74, 6) is 0. The predicted octanol–water partition coefficient (Wildman–Crippen LogP) is 3.39. The summed E-state index contributed by atoms with van der Waals surface area (Å²) in [5, 5.41) is 1.17. The summed E-state index contributed by atoms with van der Waals surface area (Å²) < 4.78 is 0. The van der Waals surface area contributed by atoms with Crippen LogP contribution in [-0.2, 0) is 18.4 Å². The number of rotatable bonds is 3. The van der Waals surface area contributed by atoms with E-state index < -0.39 is 0 Å². The minimum absolute atomic E-state index is 0.184. The first-order valence-corrected chi connectivity index (χ1v) is 7.29. The molecule has 0 spiro atoms. The molecule has 2 nitrogen and oxygen atoms in total. The van der Waals surface area contributed by atoms with Gasteiger partial charge in [0, 0.05) is 4.88 Å². The lowest BCUT2D eigenvalue weighted by molar-refractivity contribution is 0.410. The molecule has 1 aliphatic rings. The summed E-state index contributed by atoms with van der Waals surface area (Å²) in [6.45, 7) is 4.33. The van der Waals surface area contributed by atoms with E-state index in [2.05, 4.69) is 13.8 Å². The Labute approximate surface area is 102 Å². The molecule has 16 heavy (non-hydrogen) atoms. The second-order valence-corrected chi connectivity index (χ2v) is 5.90. The molecule has 0 bridgehead atoms. The highest BCUT2D eigenvalue weighted by Gasteiger charge is 2.28. The minimum atomic E-state index is -0.184. The fourth-order valence-electron chi connectivity index (χ4n) is 2.29. The lowest BCUT2D eigenvalue weighted by Crippen LogP contribution is -2.34. The summed E-state index contributed by atoms with van der Waals surface area (Å²) in [6.07, 6.45) is 8.32. The fraction of sp³-hybridized carbons (Fsp3) is 0.769. The predicted molar refractivity (Wildman–Crippen MR) is 69.8 cm³/mol. The summed E-state index contributed by atoms with van der Waals surface area (Å²) in [5.41, 5.74) is 7.58. The molecule has 0 amide bonds. The first-order chi connectivity index (χ1) is 7.69. The number of fused-ring (bicyclic) bond motifs is 1. The third kappa shape index (κ3) is 2.16. The highest BCUT2D eigenvalue weighted by Crippen LogP contribution is 2.34. The zero-order chi connectivity index (χ0) is 11.6. The molecule has 1 aromatic heterocycles. The van der Waals surface area contributed by atoms with E-state index in [-0.39, 0.29) is 5.54 Å². The van der Waals surface area contributed by atoms with Crippen LogP contribution in [-0.4, -0.2) is 4.98 Å². The van der Waals surface area contributed by atoms with Crippen molar-refractivity contribution in [3.8, 4) is 0 Å². The second-order valence-electron chi connectivity index (χ2n) is 4.81. The van der Waals surface area contributed by atoms with Gasteiger partial charge in [-0.15, -0.1) is 11.3 Å². The highest BCUT2D eigenvalue weighted by molar-refractivity contribution is 7.11. The smallest absolute Gasteiger partial charge is 0.113 e. The average Bonchev–Trinajstić information content (AvgIpc) is 2.60. The number of aryl methyl sites for hydroxylation is 2. The summed E-state index contributed by atoms with van der Waals surface area (Å²) in [4.78, 5) is 6.32. The molecule has 0 aliphatic heterocycles. The summed E-state index contributed by atoms with van der Waals surface area (Å²) in [6, 6.07) is 0. The third-order valence-corrected chi connectivity index (χ3v) is 5.16. The molecule has 2 N–H and O–H groups in total. The van der Waals surface area contributed by atoms with E-state index in [0.717, 1.165) is 19.3 Å². The summed E-state index contributed by atoms with van der Waals surface area (Å²) >= 11 is 1.87. The van der Waals surface area contributed by atoms with Crippen molar-refractivity contribution in [3.63, 3.8) is 0 Å². The topological polar surface area (TPSA) is 38.9 Å². The van der Waals surface area contributed by atoms with Crippen LogP contribution in [0.1, 0.15) is 61.5 Å². The summed E-state index contributed by atoms with van der Waals surface area (Å²) in [7, 11) is 0. The van der Waals surface area contributed by atoms with Crippen LogP contribution in [0.15, 0.2) is 0 Å². The molecule has 1 aliphatic carbocycles. The van der Waals surface area contributed by atoms with Gasteiger partial charge in [-0.05, 0) is 38.5 Å². The van der Waals surface area contributed by atoms with Crippen molar-refractivity contribution < 1.29 is 0 Å². The average molecular weight is 238 g/mol. The van der Waals surface area contributed by atoms with E-state index in [4.69, 9.17) is 10.7 Å². The quantitative estimate of drug-likeness (QED) is 0.820. The van der Waals surface area contributed by atoms with Crippen molar-refractivity contribution in [2.75, 3.05) is 0 Å². The number of hydrogen-bond donors (Lipinski definition) is 1. The Hall–Kier alpha value is -0.410. The Balaban J connectivity index is 2.30. The zero-order valence-electron chi connectivity index (χ0n) is 10.4. The second kappa shape index (κ2) is 4.84. The van der Waals surface area contributed by atoms with Crippen LogP contribution in [0.2, 0.25) is 0 Å². The van der Waals surface area contributed by atoms with E-state index >= 15 is 0 Å². The van der Waals surface area contributed by atoms with Crippen molar-refractivity contribution in [2.24, 2.45) is 5.73 Å². The molecular formula is C13H22N2S. The first-order valence-electron chi connectivity index (χ1n) is 6.47. The monoisotopic (exact) mass is 238 g/mol. The van der Waals surface area contributed by atoms with Crippen LogP contribution in [0.4, 0.5) is 0 Å². The van der Waals surface area contributed by atoms with Crippen molar-refractivity contribution in [2.45, 2.75) is 64.3 Å². The fourth-order valence-corrected chi connectivity index (χ4v) is 3.69. The Morgan fingerprint density at radius 3 is 2.56 bits per heavy atom. The van der Waals surface area contributed by atoms with Gasteiger partial charge in [-0.3, -0.25) is 0 Å². The Kier molecular flexibility index (Phi) is 3.65. The maximum absolute atomic E-state index is 6.42. The number of thiazole rings is 1. The van der Waals surface area contributed by atoms with Gasteiger partial charge in [-0.25, -0.2) is 4.98 Å². The van der Waals surface area contributed by atoms with Gasteiger partial charge in [0.1, 0.15) is 5.01 Å². The zero-order valence-corrected chi connectivity index (χ0v) is 11.2. The number of hydrogen-bond acceptors (Lipinski definition) is 3. The maximum Gasteiger partial charge on any atom is 0.113 e. The normalized spacial score (nSPS) is 16.9. The molecule has 0 unspecified atom stereocenters. The standard InChI is InChI=1S/C13H22N2S/c1-3-13(14,4-2)12-15-10-8-6-5-7-9-11(10)16-12/h3-9,14H2,1-2H3. The molecule has 0 radical (unpaired) electrons. The molecule has 0 aromatic carbocycles. The number of nitrogens with two attached hydrogens (primary N) is 1. The number of nitrogens with zero attached hydrogens (tertiary/aromatic N) is 1. The third-order valence-electron chi connectivity index (χ3n) is 3.78. The van der Waals surface area contributed by atoms with Gasteiger partial charge < -0.3 is 5.73 Å². The van der Waals surface area contributed by atoms with Crippen LogP contribution in [0.3, 0.4) is 0 Å². The van der Waals surface area contributed by atoms with Crippen molar-refractivity contribution in [1.29, 1.82) is 0 Å². The van der Waals surface area contributed by atoms with Gasteiger partial charge in [0.25, 0.3) is 0 Å². The minimum Gasteiger partial charge on any atom is -0.319 e. The highest BCUT2D eigenvalue weighted by atomic mass is 32.1. The van der Waals surface area contributed by atoms with E-state index in [9.17, 15) is 0 Å². The first kappa shape index (κ1) is 12.1. The molecular weight excluding hydrogens is 216 g/mol. The Bertz CT molecular complexity index is 329. The van der Waals surface area contributed by atoms with E-state index in [0.29, 0.717) is 0 Å². The molecule has 0 atom stereocenters. The lowest BCUT2D eigenvalue weighted by Gasteiger charge is -2.23. The molecule has 90 valence electrons. The van der Waals surface area contributed by atoms with E-state index in [1.54, 1.807) is 0 Å².